The fraction of sp³-hybridized carbons (Fsp3) is 0.286. The van der Waals surface area contributed by atoms with Crippen LogP contribution in [0.15, 0.2) is 36.4 Å². The standard InChI is InChI=1S/C21H21N3O4/c1-13-10-15(5-4-14(13)12-22)28-16-6-8-19(27-3)17(11-16)23-21(26)18-7-9-20(25)24(18)2/h4-6,8,10-11,18H,7,9H2,1-3H3,(H,23,26). The van der Waals surface area contributed by atoms with Gasteiger partial charge in [0.15, 0.2) is 0 Å². The molecule has 0 radical (unpaired) electrons. The average molecular weight is 379 g/mol. The van der Waals surface area contributed by atoms with Crippen LogP contribution in [0.4, 0.5) is 5.69 Å². The van der Waals surface area contributed by atoms with Gasteiger partial charge in [0.1, 0.15) is 23.3 Å². The molecule has 7 nitrogen and oxygen atoms in total. The summed E-state index contributed by atoms with van der Waals surface area (Å²) in [7, 11) is 3.14. The Morgan fingerprint density at radius 2 is 1.96 bits per heavy atom. The van der Waals surface area contributed by atoms with Crippen molar-refractivity contribution in [2.75, 3.05) is 19.5 Å². The predicted molar refractivity (Wildman–Crippen MR) is 103 cm³/mol. The number of likely N-dealkylation sites (tertiary alicyclic amines) is 1. The molecule has 0 spiro atoms. The van der Waals surface area contributed by atoms with E-state index in [9.17, 15) is 9.59 Å². The van der Waals surface area contributed by atoms with Crippen LogP contribution in [0.5, 0.6) is 17.2 Å². The SMILES string of the molecule is COc1ccc(Oc2ccc(C#N)c(C)c2)cc1NC(=O)C1CCC(=O)N1C. The molecule has 144 valence electrons. The fourth-order valence-corrected chi connectivity index (χ4v) is 3.14. The number of rotatable bonds is 5. The molecule has 1 unspecified atom stereocenters. The van der Waals surface area contributed by atoms with E-state index in [2.05, 4.69) is 11.4 Å². The number of likely N-dealkylation sites (N-methyl/N-ethyl adjacent to an activating group) is 1. The van der Waals surface area contributed by atoms with Gasteiger partial charge in [0.2, 0.25) is 11.8 Å². The minimum absolute atomic E-state index is 0.0413. The fourth-order valence-electron chi connectivity index (χ4n) is 3.14. The van der Waals surface area contributed by atoms with Gasteiger partial charge in [0, 0.05) is 19.5 Å². The number of methoxy groups -OCH3 is 1. The van der Waals surface area contributed by atoms with Crippen LogP contribution in [0.3, 0.4) is 0 Å². The number of aryl methyl sites for hydroxylation is 1. The lowest BCUT2D eigenvalue weighted by Crippen LogP contribution is -2.38. The Labute approximate surface area is 163 Å². The molecule has 1 heterocycles. The van der Waals surface area contributed by atoms with Crippen molar-refractivity contribution in [3.63, 3.8) is 0 Å². The van der Waals surface area contributed by atoms with Crippen LogP contribution < -0.4 is 14.8 Å². The number of ether oxygens (including phenoxy) is 2. The summed E-state index contributed by atoms with van der Waals surface area (Å²) in [5.41, 5.74) is 1.87. The molecule has 1 aliphatic rings. The van der Waals surface area contributed by atoms with Gasteiger partial charge in [-0.25, -0.2) is 0 Å². The van der Waals surface area contributed by atoms with Crippen molar-refractivity contribution < 1.29 is 19.1 Å². The third-order valence-electron chi connectivity index (χ3n) is 4.78. The number of carbonyl (C=O) groups excluding carboxylic acids is 2. The molecule has 3 rings (SSSR count). The summed E-state index contributed by atoms with van der Waals surface area (Å²) in [4.78, 5) is 25.7. The molecule has 1 fully saturated rings. The highest BCUT2D eigenvalue weighted by Gasteiger charge is 2.33. The van der Waals surface area contributed by atoms with E-state index in [4.69, 9.17) is 14.7 Å². The highest BCUT2D eigenvalue weighted by Crippen LogP contribution is 2.32. The number of amides is 2. The molecule has 0 bridgehead atoms. The third kappa shape index (κ3) is 3.91. The lowest BCUT2D eigenvalue weighted by atomic mass is 10.1. The Bertz CT molecular complexity index is 965. The second-order valence-electron chi connectivity index (χ2n) is 6.60. The summed E-state index contributed by atoms with van der Waals surface area (Å²) in [5, 5.41) is 11.9. The topological polar surface area (TPSA) is 91.7 Å². The first kappa shape index (κ1) is 19.2. The number of benzene rings is 2. The van der Waals surface area contributed by atoms with E-state index in [0.29, 0.717) is 41.3 Å². The lowest BCUT2D eigenvalue weighted by molar-refractivity contribution is -0.131. The highest BCUT2D eigenvalue weighted by atomic mass is 16.5. The molecule has 0 saturated carbocycles. The maximum atomic E-state index is 12.6. The molecule has 1 atom stereocenters. The normalized spacial score (nSPS) is 15.9. The predicted octanol–water partition coefficient (Wildman–Crippen LogP) is 3.23. The van der Waals surface area contributed by atoms with E-state index in [0.717, 1.165) is 5.56 Å². The Kier molecular flexibility index (Phi) is 5.50. The molecule has 0 aromatic heterocycles. The molecule has 1 aliphatic heterocycles. The van der Waals surface area contributed by atoms with E-state index in [1.807, 2.05) is 6.92 Å². The molecule has 2 aromatic rings. The van der Waals surface area contributed by atoms with Gasteiger partial charge < -0.3 is 19.7 Å². The molecule has 2 amide bonds. The number of nitrogens with one attached hydrogen (secondary N) is 1. The molecule has 7 heteroatoms. The largest absolute Gasteiger partial charge is 0.495 e. The van der Waals surface area contributed by atoms with E-state index in [1.165, 1.54) is 12.0 Å². The number of nitriles is 1. The summed E-state index contributed by atoms with van der Waals surface area (Å²) in [6.07, 6.45) is 0.858. The molecular formula is C21H21N3O4. The van der Waals surface area contributed by atoms with Crippen molar-refractivity contribution in [1.82, 2.24) is 4.90 Å². The molecule has 1 saturated heterocycles. The van der Waals surface area contributed by atoms with Gasteiger partial charge >= 0.3 is 0 Å². The zero-order chi connectivity index (χ0) is 20.3. The monoisotopic (exact) mass is 379 g/mol. The van der Waals surface area contributed by atoms with E-state index in [-0.39, 0.29) is 11.8 Å². The van der Waals surface area contributed by atoms with Crippen molar-refractivity contribution in [2.45, 2.75) is 25.8 Å². The second kappa shape index (κ2) is 8.01. The van der Waals surface area contributed by atoms with Crippen molar-refractivity contribution in [2.24, 2.45) is 0 Å². The summed E-state index contributed by atoms with van der Waals surface area (Å²) < 4.78 is 11.2. The number of carbonyl (C=O) groups is 2. The molecule has 0 aliphatic carbocycles. The summed E-state index contributed by atoms with van der Waals surface area (Å²) in [5.74, 6) is 1.28. The highest BCUT2D eigenvalue weighted by molar-refractivity contribution is 5.99. The van der Waals surface area contributed by atoms with Gasteiger partial charge in [0.25, 0.3) is 0 Å². The lowest BCUT2D eigenvalue weighted by Gasteiger charge is -2.20. The van der Waals surface area contributed by atoms with Crippen LogP contribution in [0.1, 0.15) is 24.0 Å². The van der Waals surface area contributed by atoms with Gasteiger partial charge in [0.05, 0.1) is 24.4 Å². The molecular weight excluding hydrogens is 358 g/mol. The number of hydrogen-bond donors (Lipinski definition) is 1. The first-order valence-corrected chi connectivity index (χ1v) is 8.86. The van der Waals surface area contributed by atoms with E-state index >= 15 is 0 Å². The van der Waals surface area contributed by atoms with Crippen LogP contribution in [0, 0.1) is 18.3 Å². The minimum Gasteiger partial charge on any atom is -0.495 e. The first-order chi connectivity index (χ1) is 13.4. The van der Waals surface area contributed by atoms with Crippen LogP contribution >= 0.6 is 0 Å². The zero-order valence-corrected chi connectivity index (χ0v) is 16.0. The average Bonchev–Trinajstić information content (AvgIpc) is 3.01. The van der Waals surface area contributed by atoms with Gasteiger partial charge in [-0.15, -0.1) is 0 Å². The number of anilines is 1. The van der Waals surface area contributed by atoms with Crippen molar-refractivity contribution in [1.29, 1.82) is 5.26 Å². The Morgan fingerprint density at radius 3 is 2.57 bits per heavy atom. The maximum Gasteiger partial charge on any atom is 0.247 e. The summed E-state index contributed by atoms with van der Waals surface area (Å²) in [6, 6.07) is 11.9. The molecule has 28 heavy (non-hydrogen) atoms. The quantitative estimate of drug-likeness (QED) is 0.861. The van der Waals surface area contributed by atoms with Crippen molar-refractivity contribution in [3.05, 3.63) is 47.5 Å². The second-order valence-corrected chi connectivity index (χ2v) is 6.60. The van der Waals surface area contributed by atoms with Crippen molar-refractivity contribution >= 4 is 17.5 Å². The van der Waals surface area contributed by atoms with Gasteiger partial charge in [-0.3, -0.25) is 9.59 Å². The third-order valence-corrected chi connectivity index (χ3v) is 4.78. The number of nitrogens with zero attached hydrogens (tertiary/aromatic N) is 2. The summed E-state index contributed by atoms with van der Waals surface area (Å²) in [6.45, 7) is 1.84. The first-order valence-electron chi connectivity index (χ1n) is 8.86. The molecule has 1 N–H and O–H groups in total. The van der Waals surface area contributed by atoms with E-state index in [1.54, 1.807) is 43.4 Å². The van der Waals surface area contributed by atoms with Crippen molar-refractivity contribution in [3.8, 4) is 23.3 Å². The van der Waals surface area contributed by atoms with Crippen LogP contribution in [0.2, 0.25) is 0 Å². The Hall–Kier alpha value is -3.53. The Morgan fingerprint density at radius 1 is 1.25 bits per heavy atom. The Balaban J connectivity index is 1.80. The maximum absolute atomic E-state index is 12.6. The van der Waals surface area contributed by atoms with E-state index < -0.39 is 6.04 Å². The van der Waals surface area contributed by atoms with Gasteiger partial charge in [-0.1, -0.05) is 0 Å². The smallest absolute Gasteiger partial charge is 0.247 e. The molecule has 2 aromatic carbocycles. The van der Waals surface area contributed by atoms with Gasteiger partial charge in [-0.05, 0) is 49.2 Å². The van der Waals surface area contributed by atoms with Crippen LogP contribution in [-0.4, -0.2) is 36.9 Å². The van der Waals surface area contributed by atoms with Gasteiger partial charge in [-0.2, -0.15) is 5.26 Å². The zero-order valence-electron chi connectivity index (χ0n) is 16.0. The number of hydrogen-bond acceptors (Lipinski definition) is 5. The van der Waals surface area contributed by atoms with Crippen LogP contribution in [0.25, 0.3) is 0 Å². The summed E-state index contributed by atoms with van der Waals surface area (Å²) >= 11 is 0. The van der Waals surface area contributed by atoms with Crippen LogP contribution in [-0.2, 0) is 9.59 Å². The minimum atomic E-state index is -0.497.